The molecule has 184 valence electrons. The fraction of sp³-hybridized carbons (Fsp3) is 0.520. The van der Waals surface area contributed by atoms with E-state index in [-0.39, 0.29) is 30.7 Å². The topological polar surface area (TPSA) is 66.0 Å². The minimum absolute atomic E-state index is 0. The van der Waals surface area contributed by atoms with Crippen LogP contribution in [0.3, 0.4) is 0 Å². The van der Waals surface area contributed by atoms with Gasteiger partial charge in [-0.15, -0.1) is 24.8 Å². The largest absolute Gasteiger partial charge is 0.352 e. The Morgan fingerprint density at radius 3 is 2.45 bits per heavy atom. The number of aromatic nitrogens is 1. The number of aryl methyl sites for hydroxylation is 1. The number of pyridine rings is 1. The van der Waals surface area contributed by atoms with Gasteiger partial charge in [0.15, 0.2) is 0 Å². The Morgan fingerprint density at radius 2 is 1.70 bits per heavy atom. The molecule has 0 atom stereocenters. The summed E-state index contributed by atoms with van der Waals surface area (Å²) in [5.74, 6) is -0.0487. The van der Waals surface area contributed by atoms with Crippen LogP contribution >= 0.6 is 36.6 Å². The van der Waals surface area contributed by atoms with Crippen molar-refractivity contribution in [2.75, 3.05) is 26.2 Å². The van der Waals surface area contributed by atoms with Crippen molar-refractivity contribution < 1.29 is 4.79 Å². The molecule has 0 saturated heterocycles. The third-order valence-corrected chi connectivity index (χ3v) is 6.68. The number of nitrogens with one attached hydrogen (secondary N) is 3. The molecule has 0 bridgehead atoms. The van der Waals surface area contributed by atoms with E-state index in [1.807, 2.05) is 12.1 Å². The molecular formula is C25H38Cl2N4OS. The monoisotopic (exact) mass is 512 g/mol. The summed E-state index contributed by atoms with van der Waals surface area (Å²) in [6, 6.07) is 12.7. The van der Waals surface area contributed by atoms with Crippen LogP contribution in [0, 0.1) is 6.92 Å². The van der Waals surface area contributed by atoms with Crippen LogP contribution in [0.5, 0.6) is 0 Å². The molecule has 1 heterocycles. The van der Waals surface area contributed by atoms with Crippen molar-refractivity contribution in [3.8, 4) is 0 Å². The van der Waals surface area contributed by atoms with Gasteiger partial charge in [0.1, 0.15) is 5.03 Å². The average molecular weight is 514 g/mol. The van der Waals surface area contributed by atoms with Crippen molar-refractivity contribution in [3.63, 3.8) is 0 Å². The summed E-state index contributed by atoms with van der Waals surface area (Å²) in [6.45, 7) is 5.80. The van der Waals surface area contributed by atoms with Gasteiger partial charge < -0.3 is 16.0 Å². The van der Waals surface area contributed by atoms with Crippen LogP contribution in [0.4, 0.5) is 0 Å². The first-order valence-corrected chi connectivity index (χ1v) is 12.5. The van der Waals surface area contributed by atoms with Crippen LogP contribution < -0.4 is 16.0 Å². The first kappa shape index (κ1) is 29.7. The van der Waals surface area contributed by atoms with E-state index in [2.05, 4.69) is 52.1 Å². The Balaban J connectivity index is 0.00000272. The van der Waals surface area contributed by atoms with E-state index in [0.717, 1.165) is 48.4 Å². The van der Waals surface area contributed by atoms with E-state index in [4.69, 9.17) is 0 Å². The molecule has 2 aromatic rings. The predicted octanol–water partition coefficient (Wildman–Crippen LogP) is 5.41. The number of nitrogens with zero attached hydrogens (tertiary/aromatic N) is 1. The van der Waals surface area contributed by atoms with E-state index in [1.54, 1.807) is 6.20 Å². The maximum absolute atomic E-state index is 12.6. The van der Waals surface area contributed by atoms with Gasteiger partial charge in [-0.25, -0.2) is 4.98 Å². The van der Waals surface area contributed by atoms with Gasteiger partial charge in [-0.3, -0.25) is 4.79 Å². The standard InChI is InChI=1S/C25H36N4OS.2ClH/c1-20-11-13-22(14-12-20)31-25-23(10-7-17-29-25)24(30)28-16-6-5-15-26-18-19-27-21-8-3-2-4-9-21;;/h7,10-14,17,21,26-27H,2-6,8-9,15-16,18-19H2,1H3,(H,28,30);2*1H. The lowest BCUT2D eigenvalue weighted by molar-refractivity contribution is 0.0949. The predicted molar refractivity (Wildman–Crippen MR) is 143 cm³/mol. The normalized spacial score (nSPS) is 13.6. The molecule has 0 radical (unpaired) electrons. The van der Waals surface area contributed by atoms with Gasteiger partial charge in [0.2, 0.25) is 0 Å². The molecule has 1 saturated carbocycles. The molecule has 1 aliphatic rings. The van der Waals surface area contributed by atoms with Crippen molar-refractivity contribution in [1.82, 2.24) is 20.9 Å². The molecule has 1 amide bonds. The number of benzene rings is 1. The average Bonchev–Trinajstić information content (AvgIpc) is 2.80. The van der Waals surface area contributed by atoms with Crippen molar-refractivity contribution in [1.29, 1.82) is 0 Å². The van der Waals surface area contributed by atoms with Gasteiger partial charge in [-0.2, -0.15) is 0 Å². The van der Waals surface area contributed by atoms with Crippen molar-refractivity contribution in [2.24, 2.45) is 0 Å². The quantitative estimate of drug-likeness (QED) is 0.332. The maximum atomic E-state index is 12.6. The summed E-state index contributed by atoms with van der Waals surface area (Å²) in [6.07, 6.45) is 10.6. The Hall–Kier alpha value is -1.31. The zero-order chi connectivity index (χ0) is 21.7. The van der Waals surface area contributed by atoms with E-state index >= 15 is 0 Å². The molecule has 1 aliphatic carbocycles. The molecule has 0 spiro atoms. The summed E-state index contributed by atoms with van der Waals surface area (Å²) >= 11 is 1.53. The lowest BCUT2D eigenvalue weighted by Crippen LogP contribution is -2.36. The second kappa shape index (κ2) is 17.2. The number of hydrogen-bond acceptors (Lipinski definition) is 5. The van der Waals surface area contributed by atoms with Crippen LogP contribution in [0.25, 0.3) is 0 Å². The molecule has 0 aliphatic heterocycles. The molecule has 8 heteroatoms. The molecule has 33 heavy (non-hydrogen) atoms. The fourth-order valence-electron chi connectivity index (χ4n) is 3.83. The van der Waals surface area contributed by atoms with E-state index in [1.165, 1.54) is 49.4 Å². The van der Waals surface area contributed by atoms with Crippen LogP contribution in [-0.2, 0) is 0 Å². The summed E-state index contributed by atoms with van der Waals surface area (Å²) in [7, 11) is 0. The Labute approximate surface area is 215 Å². The second-order valence-corrected chi connectivity index (χ2v) is 9.34. The number of unbranched alkanes of at least 4 members (excludes halogenated alkanes) is 1. The summed E-state index contributed by atoms with van der Waals surface area (Å²) < 4.78 is 0. The minimum Gasteiger partial charge on any atom is -0.352 e. The van der Waals surface area contributed by atoms with Crippen molar-refractivity contribution in [3.05, 3.63) is 53.7 Å². The van der Waals surface area contributed by atoms with Crippen LogP contribution in [0.2, 0.25) is 0 Å². The number of amides is 1. The van der Waals surface area contributed by atoms with Gasteiger partial charge in [0.05, 0.1) is 5.56 Å². The third-order valence-electron chi connectivity index (χ3n) is 5.66. The fourth-order valence-corrected chi connectivity index (χ4v) is 4.71. The summed E-state index contributed by atoms with van der Waals surface area (Å²) in [5.41, 5.74) is 1.86. The molecular weight excluding hydrogens is 475 g/mol. The van der Waals surface area contributed by atoms with Gasteiger partial charge in [0.25, 0.3) is 5.91 Å². The number of hydrogen-bond donors (Lipinski definition) is 3. The highest BCUT2D eigenvalue weighted by molar-refractivity contribution is 7.99. The van der Waals surface area contributed by atoms with Crippen molar-refractivity contribution >= 4 is 42.5 Å². The first-order chi connectivity index (χ1) is 15.2. The molecule has 3 rings (SSSR count). The van der Waals surface area contributed by atoms with Crippen molar-refractivity contribution in [2.45, 2.75) is 67.8 Å². The number of carbonyl (C=O) groups is 1. The maximum Gasteiger partial charge on any atom is 0.254 e. The number of halogens is 2. The summed E-state index contributed by atoms with van der Waals surface area (Å²) in [4.78, 5) is 18.2. The Morgan fingerprint density at radius 1 is 0.970 bits per heavy atom. The van der Waals surface area contributed by atoms with E-state index < -0.39 is 0 Å². The highest BCUT2D eigenvalue weighted by Gasteiger charge is 2.13. The third kappa shape index (κ3) is 11.1. The van der Waals surface area contributed by atoms with Crippen LogP contribution in [0.15, 0.2) is 52.5 Å². The first-order valence-electron chi connectivity index (χ1n) is 11.6. The molecule has 1 fully saturated rings. The molecule has 5 nitrogen and oxygen atoms in total. The van der Waals surface area contributed by atoms with Crippen LogP contribution in [-0.4, -0.2) is 43.1 Å². The van der Waals surface area contributed by atoms with Gasteiger partial charge in [0, 0.05) is 36.8 Å². The zero-order valence-corrected chi connectivity index (χ0v) is 21.9. The Bertz CT molecular complexity index is 801. The van der Waals surface area contributed by atoms with Gasteiger partial charge in [-0.05, 0) is 63.4 Å². The lowest BCUT2D eigenvalue weighted by Gasteiger charge is -2.22. The minimum atomic E-state index is -0.0487. The highest BCUT2D eigenvalue weighted by atomic mass is 35.5. The second-order valence-electron chi connectivity index (χ2n) is 8.27. The van der Waals surface area contributed by atoms with Gasteiger partial charge >= 0.3 is 0 Å². The van der Waals surface area contributed by atoms with E-state index in [9.17, 15) is 4.79 Å². The summed E-state index contributed by atoms with van der Waals surface area (Å²) in [5, 5.41) is 10.9. The highest BCUT2D eigenvalue weighted by Crippen LogP contribution is 2.28. The number of carbonyl (C=O) groups excluding carboxylic acids is 1. The molecule has 0 unspecified atom stereocenters. The Kier molecular flexibility index (Phi) is 15.5. The zero-order valence-electron chi connectivity index (χ0n) is 19.5. The van der Waals surface area contributed by atoms with Gasteiger partial charge in [-0.1, -0.05) is 48.7 Å². The molecule has 1 aromatic heterocycles. The molecule has 3 N–H and O–H groups in total. The lowest BCUT2D eigenvalue weighted by atomic mass is 9.95. The smallest absolute Gasteiger partial charge is 0.254 e. The van der Waals surface area contributed by atoms with Crippen LogP contribution in [0.1, 0.15) is 60.9 Å². The SMILES string of the molecule is Cc1ccc(Sc2ncccc2C(=O)NCCCCNCCNC2CCCCC2)cc1.Cl.Cl. The molecule has 1 aromatic carbocycles. The number of rotatable bonds is 12. The van der Waals surface area contributed by atoms with E-state index in [0.29, 0.717) is 12.1 Å².